The van der Waals surface area contributed by atoms with Crippen LogP contribution in [0.25, 0.3) is 0 Å². The Labute approximate surface area is 128 Å². The molecule has 1 aliphatic rings. The average Bonchev–Trinajstić information content (AvgIpc) is 2.47. The number of anilines is 2. The predicted octanol–water partition coefficient (Wildman–Crippen LogP) is 3.25. The third-order valence-electron chi connectivity index (χ3n) is 3.72. The maximum atomic E-state index is 12.8. The molecular formula is C17H20N2OS. The molecule has 0 amide bonds. The summed E-state index contributed by atoms with van der Waals surface area (Å²) in [5.74, 6) is 0. The molecule has 0 aromatic heterocycles. The van der Waals surface area contributed by atoms with Crippen LogP contribution in [0.15, 0.2) is 58.3 Å². The van der Waals surface area contributed by atoms with E-state index in [0.29, 0.717) is 6.04 Å². The van der Waals surface area contributed by atoms with Gasteiger partial charge in [0.15, 0.2) is 0 Å². The number of rotatable bonds is 3. The van der Waals surface area contributed by atoms with Crippen molar-refractivity contribution in [1.82, 2.24) is 4.90 Å². The zero-order chi connectivity index (χ0) is 15.0. The zero-order valence-electron chi connectivity index (χ0n) is 12.6. The Morgan fingerprint density at radius 1 is 1.00 bits per heavy atom. The van der Waals surface area contributed by atoms with Crippen molar-refractivity contribution in [1.29, 1.82) is 0 Å². The lowest BCUT2D eigenvalue weighted by Gasteiger charge is -2.38. The van der Waals surface area contributed by atoms with Crippen LogP contribution in [0.2, 0.25) is 0 Å². The Morgan fingerprint density at radius 2 is 1.48 bits per heavy atom. The number of hydrogen-bond acceptors (Lipinski definition) is 3. The summed E-state index contributed by atoms with van der Waals surface area (Å²) in [6.45, 7) is 3.15. The molecule has 0 bridgehead atoms. The minimum absolute atomic E-state index is 0.305. The van der Waals surface area contributed by atoms with Crippen LogP contribution in [0.5, 0.6) is 0 Å². The largest absolute Gasteiger partial charge is 0.335 e. The van der Waals surface area contributed by atoms with Gasteiger partial charge >= 0.3 is 0 Å². The second kappa shape index (κ2) is 5.62. The molecule has 110 valence electrons. The maximum absolute atomic E-state index is 12.8. The van der Waals surface area contributed by atoms with Crippen molar-refractivity contribution in [3.63, 3.8) is 0 Å². The molecular weight excluding hydrogens is 280 g/mol. The molecule has 3 rings (SSSR count). The fraction of sp³-hybridized carbons (Fsp3) is 0.294. The highest BCUT2D eigenvalue weighted by molar-refractivity contribution is 7.85. The summed E-state index contributed by atoms with van der Waals surface area (Å²) in [5.41, 5.74) is 2.12. The van der Waals surface area contributed by atoms with Gasteiger partial charge in [0.2, 0.25) is 0 Å². The number of likely N-dealkylation sites (N-methyl/N-ethyl adjacent to an activating group) is 1. The van der Waals surface area contributed by atoms with Crippen LogP contribution >= 0.6 is 0 Å². The Kier molecular flexibility index (Phi) is 3.83. The van der Waals surface area contributed by atoms with Crippen molar-refractivity contribution in [2.75, 3.05) is 25.5 Å². The third kappa shape index (κ3) is 2.49. The molecule has 4 heteroatoms. The first-order chi connectivity index (χ1) is 10.1. The molecule has 1 heterocycles. The van der Waals surface area contributed by atoms with Gasteiger partial charge in [-0.25, -0.2) is 4.21 Å². The summed E-state index contributed by atoms with van der Waals surface area (Å²) in [7, 11) is 3.06. The van der Waals surface area contributed by atoms with E-state index < -0.39 is 10.8 Å². The summed E-state index contributed by atoms with van der Waals surface area (Å²) < 4.78 is 12.8. The van der Waals surface area contributed by atoms with Gasteiger partial charge in [0.25, 0.3) is 0 Å². The summed E-state index contributed by atoms with van der Waals surface area (Å²) in [4.78, 5) is 6.30. The van der Waals surface area contributed by atoms with E-state index in [-0.39, 0.29) is 0 Å². The van der Waals surface area contributed by atoms with Crippen LogP contribution in [0, 0.1) is 0 Å². The Bertz CT molecular complexity index is 634. The molecule has 21 heavy (non-hydrogen) atoms. The highest BCUT2D eigenvalue weighted by Gasteiger charge is 2.30. The molecule has 0 aliphatic carbocycles. The molecule has 0 radical (unpaired) electrons. The van der Waals surface area contributed by atoms with E-state index >= 15 is 0 Å². The van der Waals surface area contributed by atoms with E-state index in [9.17, 15) is 4.21 Å². The lowest BCUT2D eigenvalue weighted by Crippen LogP contribution is -2.39. The third-order valence-corrected chi connectivity index (χ3v) is 5.21. The van der Waals surface area contributed by atoms with Gasteiger partial charge in [0.1, 0.15) is 0 Å². The van der Waals surface area contributed by atoms with Crippen LogP contribution in [-0.2, 0) is 10.8 Å². The number of para-hydroxylation sites is 2. The van der Waals surface area contributed by atoms with Gasteiger partial charge in [-0.3, -0.25) is 0 Å². The first-order valence-electron chi connectivity index (χ1n) is 7.13. The van der Waals surface area contributed by atoms with E-state index in [4.69, 9.17) is 0 Å². The van der Waals surface area contributed by atoms with Gasteiger partial charge in [0, 0.05) is 12.6 Å². The molecule has 0 fully saturated rings. The van der Waals surface area contributed by atoms with Crippen LogP contribution < -0.4 is 4.90 Å². The number of hydrogen-bond donors (Lipinski definition) is 0. The maximum Gasteiger partial charge on any atom is 0.0892 e. The second-order valence-corrected chi connectivity index (χ2v) is 7.10. The standard InChI is InChI=1S/C17H20N2OS/c1-13(12-18(2)3)19-14-8-4-6-10-16(14)21(20)17-11-7-5-9-15(17)19/h4-11,13H,12H2,1-3H3/t13-/m0/s1. The Balaban J connectivity index is 2.15. The van der Waals surface area contributed by atoms with Crippen LogP contribution in [0.3, 0.4) is 0 Å². The first-order valence-corrected chi connectivity index (χ1v) is 8.28. The van der Waals surface area contributed by atoms with Gasteiger partial charge < -0.3 is 9.80 Å². The van der Waals surface area contributed by atoms with Gasteiger partial charge in [-0.2, -0.15) is 0 Å². The van der Waals surface area contributed by atoms with Crippen molar-refractivity contribution in [3.8, 4) is 0 Å². The quantitative estimate of drug-likeness (QED) is 0.869. The number of fused-ring (bicyclic) bond motifs is 2. The van der Waals surface area contributed by atoms with Crippen molar-refractivity contribution in [3.05, 3.63) is 48.5 Å². The van der Waals surface area contributed by atoms with Crippen LogP contribution in [0.1, 0.15) is 6.92 Å². The zero-order valence-corrected chi connectivity index (χ0v) is 13.4. The van der Waals surface area contributed by atoms with E-state index in [1.807, 2.05) is 36.4 Å². The van der Waals surface area contributed by atoms with Crippen molar-refractivity contribution < 1.29 is 4.21 Å². The van der Waals surface area contributed by atoms with E-state index in [2.05, 4.69) is 43.0 Å². The molecule has 2 aromatic carbocycles. The fourth-order valence-electron chi connectivity index (χ4n) is 2.96. The monoisotopic (exact) mass is 300 g/mol. The van der Waals surface area contributed by atoms with Crippen molar-refractivity contribution >= 4 is 22.2 Å². The molecule has 0 saturated carbocycles. The lowest BCUT2D eigenvalue weighted by molar-refractivity contribution is 0.380. The number of benzene rings is 2. The Morgan fingerprint density at radius 3 is 1.95 bits per heavy atom. The topological polar surface area (TPSA) is 23.6 Å². The summed E-state index contributed by atoms with van der Waals surface area (Å²) >= 11 is 0. The highest BCUT2D eigenvalue weighted by atomic mass is 32.2. The molecule has 3 nitrogen and oxygen atoms in total. The molecule has 1 atom stereocenters. The number of nitrogens with zero attached hydrogens (tertiary/aromatic N) is 2. The average molecular weight is 300 g/mol. The minimum Gasteiger partial charge on any atom is -0.335 e. The fourth-order valence-corrected chi connectivity index (χ4v) is 4.31. The van der Waals surface area contributed by atoms with Gasteiger partial charge in [-0.1, -0.05) is 24.3 Å². The molecule has 0 N–H and O–H groups in total. The van der Waals surface area contributed by atoms with Crippen LogP contribution in [0.4, 0.5) is 11.4 Å². The first kappa shape index (κ1) is 14.3. The molecule has 2 aromatic rings. The molecule has 0 unspecified atom stereocenters. The normalized spacial score (nSPS) is 15.7. The van der Waals surface area contributed by atoms with Gasteiger partial charge in [0.05, 0.1) is 32.0 Å². The Hall–Kier alpha value is -1.65. The molecule has 1 aliphatic heterocycles. The van der Waals surface area contributed by atoms with Crippen molar-refractivity contribution in [2.24, 2.45) is 0 Å². The van der Waals surface area contributed by atoms with E-state index in [1.165, 1.54) is 0 Å². The smallest absolute Gasteiger partial charge is 0.0892 e. The second-order valence-electron chi connectivity index (χ2n) is 5.69. The summed E-state index contributed by atoms with van der Waals surface area (Å²) in [6, 6.07) is 16.3. The SMILES string of the molecule is C[C@@H](CN(C)C)N1c2ccccc2S(=O)c2ccccc21. The summed E-state index contributed by atoms with van der Waals surface area (Å²) in [5, 5.41) is 0. The minimum atomic E-state index is -1.10. The van der Waals surface area contributed by atoms with Crippen LogP contribution in [-0.4, -0.2) is 35.8 Å². The molecule has 0 spiro atoms. The lowest BCUT2D eigenvalue weighted by atomic mass is 10.1. The van der Waals surface area contributed by atoms with Gasteiger partial charge in [-0.15, -0.1) is 0 Å². The summed E-state index contributed by atoms with van der Waals surface area (Å²) in [6.07, 6.45) is 0. The van der Waals surface area contributed by atoms with Crippen molar-refractivity contribution in [2.45, 2.75) is 22.8 Å². The van der Waals surface area contributed by atoms with Gasteiger partial charge in [-0.05, 0) is 45.3 Å². The van der Waals surface area contributed by atoms with E-state index in [1.54, 1.807) is 0 Å². The highest BCUT2D eigenvalue weighted by Crippen LogP contribution is 2.42. The molecule has 0 saturated heterocycles. The predicted molar refractivity (Wildman–Crippen MR) is 87.7 cm³/mol. The van der Waals surface area contributed by atoms with E-state index in [0.717, 1.165) is 27.7 Å².